The zero-order valence-electron chi connectivity index (χ0n) is 14.5. The lowest BCUT2D eigenvalue weighted by atomic mass is 9.99. The second kappa shape index (κ2) is 8.15. The van der Waals surface area contributed by atoms with E-state index in [2.05, 4.69) is 47.4 Å². The normalized spacial score (nSPS) is 19.9. The summed E-state index contributed by atoms with van der Waals surface area (Å²) in [6.07, 6.45) is 2.54. The summed E-state index contributed by atoms with van der Waals surface area (Å²) in [4.78, 5) is 3.88. The van der Waals surface area contributed by atoms with Crippen LogP contribution in [-0.4, -0.2) is 43.5 Å². The van der Waals surface area contributed by atoms with Crippen LogP contribution in [0.3, 0.4) is 0 Å². The molecule has 0 N–H and O–H groups in total. The van der Waals surface area contributed by atoms with Crippen LogP contribution in [0.4, 0.5) is 0 Å². The monoisotopic (exact) mass is 355 g/mol. The predicted molar refractivity (Wildman–Crippen MR) is 103 cm³/mol. The molecule has 0 bridgehead atoms. The van der Waals surface area contributed by atoms with Crippen LogP contribution in [0.1, 0.15) is 12.0 Å². The van der Waals surface area contributed by atoms with Crippen LogP contribution in [0.2, 0.25) is 0 Å². The first-order valence-corrected chi connectivity index (χ1v) is 10.1. The highest BCUT2D eigenvalue weighted by atomic mass is 32.2. The molecule has 0 radical (unpaired) electrons. The van der Waals surface area contributed by atoms with Crippen molar-refractivity contribution in [1.82, 2.24) is 4.90 Å². The van der Waals surface area contributed by atoms with Crippen LogP contribution in [0, 0.1) is 5.92 Å². The Morgan fingerprint density at radius 3 is 2.72 bits per heavy atom. The van der Waals surface area contributed by atoms with E-state index in [1.807, 2.05) is 17.8 Å². The topological polar surface area (TPSA) is 21.7 Å². The predicted octanol–water partition coefficient (Wildman–Crippen LogP) is 4.11. The van der Waals surface area contributed by atoms with Crippen molar-refractivity contribution in [3.8, 4) is 11.5 Å². The first-order valence-electron chi connectivity index (χ1n) is 9.15. The molecule has 2 aliphatic rings. The molecule has 0 saturated carbocycles. The van der Waals surface area contributed by atoms with Crippen molar-refractivity contribution < 1.29 is 9.47 Å². The second-order valence-electron chi connectivity index (χ2n) is 6.80. The molecule has 0 aliphatic carbocycles. The smallest absolute Gasteiger partial charge is 0.162 e. The Bertz CT molecular complexity index is 692. The number of likely N-dealkylation sites (tertiary alicyclic amines) is 1. The summed E-state index contributed by atoms with van der Waals surface area (Å²) in [7, 11) is 0. The highest BCUT2D eigenvalue weighted by Crippen LogP contribution is 2.34. The molecule has 2 aliphatic heterocycles. The van der Waals surface area contributed by atoms with Crippen molar-refractivity contribution in [2.75, 3.05) is 38.6 Å². The van der Waals surface area contributed by atoms with Gasteiger partial charge in [0, 0.05) is 23.7 Å². The van der Waals surface area contributed by atoms with E-state index in [-0.39, 0.29) is 0 Å². The van der Waals surface area contributed by atoms with Gasteiger partial charge in [-0.15, -0.1) is 11.8 Å². The molecule has 2 aromatic rings. The van der Waals surface area contributed by atoms with E-state index in [1.54, 1.807) is 0 Å². The number of nitrogens with zero attached hydrogens (tertiary/aromatic N) is 1. The summed E-state index contributed by atoms with van der Waals surface area (Å²) in [5, 5.41) is 0. The Kier molecular flexibility index (Phi) is 5.48. The summed E-state index contributed by atoms with van der Waals surface area (Å²) >= 11 is 1.91. The molecule has 0 aromatic heterocycles. The first kappa shape index (κ1) is 16.8. The van der Waals surface area contributed by atoms with Gasteiger partial charge < -0.3 is 14.4 Å². The molecule has 0 spiro atoms. The van der Waals surface area contributed by atoms with Crippen LogP contribution < -0.4 is 9.47 Å². The number of benzene rings is 2. The quantitative estimate of drug-likeness (QED) is 0.727. The average molecular weight is 356 g/mol. The van der Waals surface area contributed by atoms with E-state index in [0.717, 1.165) is 29.7 Å². The third-order valence-electron chi connectivity index (χ3n) is 4.93. The van der Waals surface area contributed by atoms with Gasteiger partial charge in [0.15, 0.2) is 11.5 Å². The summed E-state index contributed by atoms with van der Waals surface area (Å²) in [5.41, 5.74) is 1.47. The van der Waals surface area contributed by atoms with Gasteiger partial charge in [0.05, 0.1) is 0 Å². The fraction of sp³-hybridized carbons (Fsp3) is 0.429. The Balaban J connectivity index is 1.22. The molecule has 4 heteroatoms. The Labute approximate surface area is 154 Å². The summed E-state index contributed by atoms with van der Waals surface area (Å²) in [5.74, 6) is 3.69. The fourth-order valence-corrected chi connectivity index (χ4v) is 4.58. The lowest BCUT2D eigenvalue weighted by Crippen LogP contribution is -2.23. The summed E-state index contributed by atoms with van der Waals surface area (Å²) < 4.78 is 11.2. The lowest BCUT2D eigenvalue weighted by molar-refractivity contribution is 0.171. The van der Waals surface area contributed by atoms with Gasteiger partial charge in [-0.1, -0.05) is 30.3 Å². The second-order valence-corrected chi connectivity index (χ2v) is 7.97. The van der Waals surface area contributed by atoms with E-state index in [1.165, 1.54) is 36.4 Å². The molecule has 132 valence electrons. The van der Waals surface area contributed by atoms with Gasteiger partial charge in [-0.2, -0.15) is 0 Å². The van der Waals surface area contributed by atoms with Crippen LogP contribution >= 0.6 is 11.8 Å². The van der Waals surface area contributed by atoms with E-state index in [4.69, 9.17) is 9.47 Å². The molecule has 25 heavy (non-hydrogen) atoms. The van der Waals surface area contributed by atoms with Crippen molar-refractivity contribution in [2.45, 2.75) is 17.7 Å². The Morgan fingerprint density at radius 1 is 1.00 bits per heavy atom. The maximum Gasteiger partial charge on any atom is 0.162 e. The van der Waals surface area contributed by atoms with Gasteiger partial charge in [-0.05, 0) is 49.1 Å². The van der Waals surface area contributed by atoms with Gasteiger partial charge in [-0.3, -0.25) is 0 Å². The van der Waals surface area contributed by atoms with E-state index in [9.17, 15) is 0 Å². The molecular weight excluding hydrogens is 330 g/mol. The average Bonchev–Trinajstić information content (AvgIpc) is 3.10. The van der Waals surface area contributed by atoms with Crippen molar-refractivity contribution in [3.63, 3.8) is 0 Å². The maximum atomic E-state index is 5.67. The lowest BCUT2D eigenvalue weighted by Gasteiger charge is -2.19. The standard InChI is InChI=1S/C21H25NO2S/c1-2-4-17(5-3-1)14-18-8-9-22(16-18)10-13-25-19-6-7-20-21(15-19)24-12-11-23-20/h1-7,15,18H,8-14,16H2. The molecule has 2 heterocycles. The van der Waals surface area contributed by atoms with E-state index in [0.29, 0.717) is 13.2 Å². The van der Waals surface area contributed by atoms with E-state index >= 15 is 0 Å². The van der Waals surface area contributed by atoms with E-state index < -0.39 is 0 Å². The third kappa shape index (κ3) is 4.50. The molecular formula is C21H25NO2S. The van der Waals surface area contributed by atoms with Crippen LogP contribution in [0.5, 0.6) is 11.5 Å². The fourth-order valence-electron chi connectivity index (χ4n) is 3.64. The van der Waals surface area contributed by atoms with Crippen LogP contribution in [-0.2, 0) is 6.42 Å². The Hall–Kier alpha value is -1.65. The van der Waals surface area contributed by atoms with Gasteiger partial charge in [-0.25, -0.2) is 0 Å². The van der Waals surface area contributed by atoms with Gasteiger partial charge in [0.1, 0.15) is 13.2 Å². The summed E-state index contributed by atoms with van der Waals surface area (Å²) in [6.45, 7) is 4.93. The van der Waals surface area contributed by atoms with Crippen molar-refractivity contribution in [2.24, 2.45) is 5.92 Å². The molecule has 1 unspecified atom stereocenters. The maximum absolute atomic E-state index is 5.67. The summed E-state index contributed by atoms with van der Waals surface area (Å²) in [6, 6.07) is 17.2. The third-order valence-corrected chi connectivity index (χ3v) is 5.90. The number of fused-ring (bicyclic) bond motifs is 1. The number of thioether (sulfide) groups is 1. The van der Waals surface area contributed by atoms with Gasteiger partial charge in [0.25, 0.3) is 0 Å². The zero-order chi connectivity index (χ0) is 16.9. The van der Waals surface area contributed by atoms with Crippen molar-refractivity contribution >= 4 is 11.8 Å². The van der Waals surface area contributed by atoms with Crippen LogP contribution in [0.25, 0.3) is 0 Å². The minimum absolute atomic E-state index is 0.650. The molecule has 3 nitrogen and oxygen atoms in total. The number of ether oxygens (including phenoxy) is 2. The molecule has 1 saturated heterocycles. The minimum atomic E-state index is 0.650. The number of rotatable bonds is 6. The molecule has 2 aromatic carbocycles. The van der Waals surface area contributed by atoms with Crippen LogP contribution in [0.15, 0.2) is 53.4 Å². The SMILES string of the molecule is c1ccc(CC2CCN(CCSc3ccc4c(c3)OCCO4)C2)cc1. The highest BCUT2D eigenvalue weighted by Gasteiger charge is 2.22. The van der Waals surface area contributed by atoms with Gasteiger partial charge in [0.2, 0.25) is 0 Å². The molecule has 1 fully saturated rings. The van der Waals surface area contributed by atoms with Crippen molar-refractivity contribution in [3.05, 3.63) is 54.1 Å². The van der Waals surface area contributed by atoms with Crippen molar-refractivity contribution in [1.29, 1.82) is 0 Å². The van der Waals surface area contributed by atoms with Gasteiger partial charge >= 0.3 is 0 Å². The Morgan fingerprint density at radius 2 is 1.84 bits per heavy atom. The molecule has 1 atom stereocenters. The number of hydrogen-bond donors (Lipinski definition) is 0. The zero-order valence-corrected chi connectivity index (χ0v) is 15.3. The minimum Gasteiger partial charge on any atom is -0.486 e. The largest absolute Gasteiger partial charge is 0.486 e. The first-order chi connectivity index (χ1) is 12.4. The molecule has 4 rings (SSSR count). The number of hydrogen-bond acceptors (Lipinski definition) is 4. The highest BCUT2D eigenvalue weighted by molar-refractivity contribution is 7.99. The molecule has 0 amide bonds.